The van der Waals surface area contributed by atoms with Crippen molar-refractivity contribution in [3.05, 3.63) is 65.7 Å². The third kappa shape index (κ3) is 5.29. The lowest BCUT2D eigenvalue weighted by atomic mass is 9.82. The highest BCUT2D eigenvalue weighted by atomic mass is 28.4. The van der Waals surface area contributed by atoms with E-state index in [1.807, 2.05) is 54.6 Å². The van der Waals surface area contributed by atoms with Crippen molar-refractivity contribution in [2.24, 2.45) is 0 Å². The molecule has 7 nitrogen and oxygen atoms in total. The first-order chi connectivity index (χ1) is 18.0. The molecule has 0 radical (unpaired) electrons. The van der Waals surface area contributed by atoms with Crippen LogP contribution in [0.4, 0.5) is 0 Å². The molecule has 2 aromatic carbocycles. The van der Waals surface area contributed by atoms with Crippen molar-refractivity contribution >= 4 is 14.3 Å². The molecule has 0 saturated carbocycles. The standard InChI is InChI=1S/C30H42O7Si/c1-19(2)38(20(3)4,21(5)6)37-26-18-35-30(29(33)28(26)32)25(16-27(31)36-30)23-12-14-24(15-13-23)34-17-22-10-8-7-9-11-22/h7-15,19-21,25-26,28-29,32-33H,16-18H2,1-6H3/t25-,26+,28-,29-,30+/m0/s1. The largest absolute Gasteiger partial charge is 0.489 e. The Labute approximate surface area is 227 Å². The Morgan fingerprint density at radius 2 is 1.55 bits per heavy atom. The molecule has 2 saturated heterocycles. The highest BCUT2D eigenvalue weighted by molar-refractivity contribution is 6.77. The maximum absolute atomic E-state index is 12.5. The average molecular weight is 543 g/mol. The van der Waals surface area contributed by atoms with Gasteiger partial charge in [-0.2, -0.15) is 0 Å². The molecule has 0 amide bonds. The van der Waals surface area contributed by atoms with E-state index >= 15 is 0 Å². The van der Waals surface area contributed by atoms with Gasteiger partial charge in [0.25, 0.3) is 0 Å². The van der Waals surface area contributed by atoms with Gasteiger partial charge in [0.05, 0.1) is 25.0 Å². The molecule has 2 N–H and O–H groups in total. The van der Waals surface area contributed by atoms with Gasteiger partial charge >= 0.3 is 5.97 Å². The molecule has 5 atom stereocenters. The monoisotopic (exact) mass is 542 g/mol. The predicted molar refractivity (Wildman–Crippen MR) is 147 cm³/mol. The highest BCUT2D eigenvalue weighted by Gasteiger charge is 2.63. The van der Waals surface area contributed by atoms with Crippen LogP contribution in [0.2, 0.25) is 16.6 Å². The molecule has 38 heavy (non-hydrogen) atoms. The Kier molecular flexibility index (Phi) is 8.69. The van der Waals surface area contributed by atoms with Gasteiger partial charge in [-0.15, -0.1) is 0 Å². The van der Waals surface area contributed by atoms with Gasteiger partial charge < -0.3 is 28.8 Å². The van der Waals surface area contributed by atoms with Crippen LogP contribution >= 0.6 is 0 Å². The summed E-state index contributed by atoms with van der Waals surface area (Å²) < 4.78 is 24.5. The average Bonchev–Trinajstić information content (AvgIpc) is 3.23. The summed E-state index contributed by atoms with van der Waals surface area (Å²) >= 11 is 0. The van der Waals surface area contributed by atoms with Gasteiger partial charge in [-0.25, -0.2) is 0 Å². The maximum atomic E-state index is 12.5. The zero-order valence-corrected chi connectivity index (χ0v) is 24.3. The lowest BCUT2D eigenvalue weighted by Crippen LogP contribution is -2.65. The Morgan fingerprint density at radius 1 is 0.947 bits per heavy atom. The first kappa shape index (κ1) is 28.8. The molecule has 2 heterocycles. The van der Waals surface area contributed by atoms with Crippen molar-refractivity contribution in [2.75, 3.05) is 6.61 Å². The van der Waals surface area contributed by atoms with E-state index in [4.69, 9.17) is 18.6 Å². The molecule has 2 aliphatic rings. The summed E-state index contributed by atoms with van der Waals surface area (Å²) in [7, 11) is -2.34. The highest BCUT2D eigenvalue weighted by Crippen LogP contribution is 2.49. The molecule has 0 unspecified atom stereocenters. The normalized spacial score (nSPS) is 27.9. The van der Waals surface area contributed by atoms with Crippen LogP contribution in [-0.4, -0.2) is 55.2 Å². The summed E-state index contributed by atoms with van der Waals surface area (Å²) in [6.07, 6.45) is -3.37. The second-order valence-corrected chi connectivity index (χ2v) is 16.9. The quantitative estimate of drug-likeness (QED) is 0.328. The SMILES string of the molecule is CC(C)[Si](O[C@@H]1CO[C@]2(OC(=O)C[C@H]2c2ccc(OCc3ccccc3)cc2)[C@@H](O)[C@H]1O)(C(C)C)C(C)C. The molecule has 2 aliphatic heterocycles. The molecule has 0 aromatic heterocycles. The van der Waals surface area contributed by atoms with E-state index in [-0.39, 0.29) is 13.0 Å². The van der Waals surface area contributed by atoms with Crippen molar-refractivity contribution in [3.8, 4) is 5.75 Å². The summed E-state index contributed by atoms with van der Waals surface area (Å²) in [6.45, 7) is 13.5. The first-order valence-corrected chi connectivity index (χ1v) is 15.8. The fraction of sp³-hybridized carbons (Fsp3) is 0.567. The molecule has 0 aliphatic carbocycles. The minimum Gasteiger partial charge on any atom is -0.489 e. The van der Waals surface area contributed by atoms with E-state index in [2.05, 4.69) is 41.5 Å². The number of aliphatic hydroxyl groups excluding tert-OH is 2. The Bertz CT molecular complexity index is 1050. The maximum Gasteiger partial charge on any atom is 0.309 e. The van der Waals surface area contributed by atoms with E-state index in [1.54, 1.807) is 0 Å². The van der Waals surface area contributed by atoms with Crippen LogP contribution in [0, 0.1) is 0 Å². The molecule has 8 heteroatoms. The lowest BCUT2D eigenvalue weighted by molar-refractivity contribution is -0.318. The van der Waals surface area contributed by atoms with Gasteiger partial charge in [0.15, 0.2) is 0 Å². The van der Waals surface area contributed by atoms with Crippen molar-refractivity contribution in [1.29, 1.82) is 0 Å². The first-order valence-electron chi connectivity index (χ1n) is 13.7. The molecular weight excluding hydrogens is 500 g/mol. The fourth-order valence-electron chi connectivity index (χ4n) is 6.50. The summed E-state index contributed by atoms with van der Waals surface area (Å²) in [5, 5.41) is 22.7. The van der Waals surface area contributed by atoms with Gasteiger partial charge in [0.1, 0.15) is 24.6 Å². The van der Waals surface area contributed by atoms with Crippen LogP contribution in [0.25, 0.3) is 0 Å². The number of carbonyl (C=O) groups is 1. The fourth-order valence-corrected chi connectivity index (χ4v) is 12.0. The second-order valence-electron chi connectivity index (χ2n) is 11.5. The number of aliphatic hydroxyl groups is 2. The van der Waals surface area contributed by atoms with Gasteiger partial charge in [-0.3, -0.25) is 4.79 Å². The number of rotatable bonds is 9. The van der Waals surface area contributed by atoms with E-state index < -0.39 is 44.3 Å². The predicted octanol–water partition coefficient (Wildman–Crippen LogP) is 5.31. The molecule has 1 spiro atoms. The number of carbonyl (C=O) groups excluding carboxylic acids is 1. The summed E-state index contributed by atoms with van der Waals surface area (Å²) in [5.74, 6) is -2.03. The molecular formula is C30H42O7Si. The van der Waals surface area contributed by atoms with Crippen LogP contribution in [-0.2, 0) is 25.3 Å². The number of esters is 1. The van der Waals surface area contributed by atoms with Crippen molar-refractivity contribution in [2.45, 2.75) is 101 Å². The Balaban J connectivity index is 1.52. The van der Waals surface area contributed by atoms with Gasteiger partial charge in [0.2, 0.25) is 14.1 Å². The van der Waals surface area contributed by atoms with Crippen LogP contribution in [0.5, 0.6) is 5.75 Å². The van der Waals surface area contributed by atoms with Gasteiger partial charge in [-0.1, -0.05) is 84.0 Å². The molecule has 2 aromatic rings. The van der Waals surface area contributed by atoms with Gasteiger partial charge in [0, 0.05) is 0 Å². The van der Waals surface area contributed by atoms with E-state index in [9.17, 15) is 15.0 Å². The molecule has 0 bridgehead atoms. The Hall–Kier alpha value is -2.23. The van der Waals surface area contributed by atoms with Crippen molar-refractivity contribution in [1.82, 2.24) is 0 Å². The number of ether oxygens (including phenoxy) is 3. The third-order valence-corrected chi connectivity index (χ3v) is 14.4. The second kappa shape index (κ2) is 11.5. The van der Waals surface area contributed by atoms with Crippen LogP contribution < -0.4 is 4.74 Å². The minimum atomic E-state index is -2.34. The number of hydrogen-bond acceptors (Lipinski definition) is 7. The van der Waals surface area contributed by atoms with Gasteiger partial charge in [-0.05, 0) is 39.9 Å². The van der Waals surface area contributed by atoms with E-state index in [0.29, 0.717) is 29.0 Å². The molecule has 208 valence electrons. The van der Waals surface area contributed by atoms with Crippen molar-refractivity contribution in [3.63, 3.8) is 0 Å². The van der Waals surface area contributed by atoms with E-state index in [0.717, 1.165) is 11.1 Å². The number of benzene rings is 2. The minimum absolute atomic E-state index is 0.0290. The third-order valence-electron chi connectivity index (χ3n) is 8.31. The zero-order valence-electron chi connectivity index (χ0n) is 23.3. The summed E-state index contributed by atoms with van der Waals surface area (Å²) in [4.78, 5) is 12.5. The van der Waals surface area contributed by atoms with Crippen LogP contribution in [0.3, 0.4) is 0 Å². The summed E-state index contributed by atoms with van der Waals surface area (Å²) in [5.41, 5.74) is 2.75. The zero-order chi connectivity index (χ0) is 27.7. The van der Waals surface area contributed by atoms with Crippen LogP contribution in [0.1, 0.15) is 65.0 Å². The Morgan fingerprint density at radius 3 is 2.13 bits per heavy atom. The smallest absolute Gasteiger partial charge is 0.309 e. The number of hydrogen-bond donors (Lipinski definition) is 2. The topological polar surface area (TPSA) is 94.5 Å². The molecule has 4 rings (SSSR count). The van der Waals surface area contributed by atoms with Crippen molar-refractivity contribution < 1.29 is 33.6 Å². The van der Waals surface area contributed by atoms with Crippen LogP contribution in [0.15, 0.2) is 54.6 Å². The summed E-state index contributed by atoms with van der Waals surface area (Å²) in [6, 6.07) is 17.3. The molecule has 2 fully saturated rings. The lowest BCUT2D eigenvalue weighted by Gasteiger charge is -2.50. The van der Waals surface area contributed by atoms with E-state index in [1.165, 1.54) is 0 Å².